The van der Waals surface area contributed by atoms with Gasteiger partial charge in [-0.25, -0.2) is 9.31 Å². The largest absolute Gasteiger partial charge is 0.465 e. The van der Waals surface area contributed by atoms with Crippen LogP contribution in [-0.4, -0.2) is 27.7 Å². The Hall–Kier alpha value is -3.09. The van der Waals surface area contributed by atoms with Crippen LogP contribution in [0.15, 0.2) is 41.3 Å². The molecule has 2 heterocycles. The Kier molecular flexibility index (Phi) is 3.38. The normalized spacial score (nSPS) is 10.6. The number of methoxy groups -OCH3 is 1. The summed E-state index contributed by atoms with van der Waals surface area (Å²) in [4.78, 5) is 26.5. The Morgan fingerprint density at radius 1 is 1.27 bits per heavy atom. The van der Waals surface area contributed by atoms with Gasteiger partial charge in [0.1, 0.15) is 11.3 Å². The first-order chi connectivity index (χ1) is 10.6. The van der Waals surface area contributed by atoms with Gasteiger partial charge in [-0.2, -0.15) is 5.10 Å². The third kappa shape index (κ3) is 2.22. The minimum Gasteiger partial charge on any atom is -0.465 e. The number of aryl methyl sites for hydroxylation is 1. The SMILES string of the molecule is COC(=O)c1cnn2c(C)c(Oc3ccccc3)c(=O)[nH]c12. The lowest BCUT2D eigenvalue weighted by Crippen LogP contribution is -2.16. The molecule has 112 valence electrons. The molecule has 0 spiro atoms. The number of carbonyl (C=O) groups is 1. The number of carbonyl (C=O) groups excluding carboxylic acids is 1. The van der Waals surface area contributed by atoms with E-state index in [1.807, 2.05) is 6.07 Å². The van der Waals surface area contributed by atoms with E-state index in [0.717, 1.165) is 0 Å². The lowest BCUT2D eigenvalue weighted by Gasteiger charge is -2.09. The van der Waals surface area contributed by atoms with Crippen molar-refractivity contribution >= 4 is 11.6 Å². The second kappa shape index (κ2) is 5.36. The van der Waals surface area contributed by atoms with Crippen LogP contribution < -0.4 is 10.3 Å². The monoisotopic (exact) mass is 299 g/mol. The molecule has 0 atom stereocenters. The number of ether oxygens (including phenoxy) is 2. The van der Waals surface area contributed by atoms with E-state index in [1.165, 1.54) is 17.8 Å². The molecule has 1 aromatic carbocycles. The van der Waals surface area contributed by atoms with Gasteiger partial charge in [0.05, 0.1) is 19.0 Å². The zero-order valence-corrected chi connectivity index (χ0v) is 12.0. The zero-order chi connectivity index (χ0) is 15.7. The number of H-pyrrole nitrogens is 1. The van der Waals surface area contributed by atoms with Gasteiger partial charge in [-0.1, -0.05) is 18.2 Å². The zero-order valence-electron chi connectivity index (χ0n) is 12.0. The highest BCUT2D eigenvalue weighted by Crippen LogP contribution is 2.22. The maximum Gasteiger partial charge on any atom is 0.343 e. The van der Waals surface area contributed by atoms with Crippen molar-refractivity contribution in [3.8, 4) is 11.5 Å². The number of fused-ring (bicyclic) bond motifs is 1. The number of para-hydroxylation sites is 1. The van der Waals surface area contributed by atoms with Crippen molar-refractivity contribution in [2.45, 2.75) is 6.92 Å². The molecule has 0 aliphatic carbocycles. The van der Waals surface area contributed by atoms with Gasteiger partial charge in [-0.05, 0) is 19.1 Å². The van der Waals surface area contributed by atoms with E-state index in [-0.39, 0.29) is 17.0 Å². The van der Waals surface area contributed by atoms with E-state index >= 15 is 0 Å². The van der Waals surface area contributed by atoms with Crippen molar-refractivity contribution in [3.63, 3.8) is 0 Å². The highest BCUT2D eigenvalue weighted by atomic mass is 16.5. The minimum atomic E-state index is -0.568. The lowest BCUT2D eigenvalue weighted by atomic mass is 10.3. The smallest absolute Gasteiger partial charge is 0.343 e. The third-order valence-corrected chi connectivity index (χ3v) is 3.22. The number of hydrogen-bond acceptors (Lipinski definition) is 5. The standard InChI is InChI=1S/C15H13N3O4/c1-9-12(22-10-6-4-3-5-7-10)14(19)17-13-11(15(20)21-2)8-16-18(9)13/h3-8H,1-2H3,(H,17,19). The van der Waals surface area contributed by atoms with Crippen LogP contribution in [0.1, 0.15) is 16.1 Å². The number of aromatic nitrogens is 3. The van der Waals surface area contributed by atoms with Gasteiger partial charge >= 0.3 is 5.97 Å². The Morgan fingerprint density at radius 3 is 2.68 bits per heavy atom. The highest BCUT2D eigenvalue weighted by molar-refractivity contribution is 5.95. The van der Waals surface area contributed by atoms with Crippen molar-refractivity contribution < 1.29 is 14.3 Å². The highest BCUT2D eigenvalue weighted by Gasteiger charge is 2.19. The number of benzene rings is 1. The number of rotatable bonds is 3. The number of aromatic amines is 1. The molecule has 0 saturated carbocycles. The molecule has 0 aliphatic heterocycles. The van der Waals surface area contributed by atoms with Crippen LogP contribution in [0.2, 0.25) is 0 Å². The fourth-order valence-corrected chi connectivity index (χ4v) is 2.13. The summed E-state index contributed by atoms with van der Waals surface area (Å²) in [6.07, 6.45) is 1.34. The predicted octanol–water partition coefficient (Wildman–Crippen LogP) is 1.91. The molecule has 22 heavy (non-hydrogen) atoms. The van der Waals surface area contributed by atoms with Gasteiger partial charge in [-0.15, -0.1) is 0 Å². The van der Waals surface area contributed by atoms with Crippen LogP contribution >= 0.6 is 0 Å². The number of hydrogen-bond donors (Lipinski definition) is 1. The van der Waals surface area contributed by atoms with Crippen molar-refractivity contribution in [2.24, 2.45) is 0 Å². The van der Waals surface area contributed by atoms with E-state index in [0.29, 0.717) is 11.4 Å². The maximum absolute atomic E-state index is 12.2. The number of nitrogens with zero attached hydrogens (tertiary/aromatic N) is 2. The van der Waals surface area contributed by atoms with Crippen molar-refractivity contribution in [1.82, 2.24) is 14.6 Å². The van der Waals surface area contributed by atoms with Crippen molar-refractivity contribution in [2.75, 3.05) is 7.11 Å². The van der Waals surface area contributed by atoms with Gasteiger partial charge in [-0.3, -0.25) is 4.79 Å². The number of nitrogens with one attached hydrogen (secondary N) is 1. The first kappa shape index (κ1) is 13.9. The first-order valence-corrected chi connectivity index (χ1v) is 6.53. The van der Waals surface area contributed by atoms with E-state index in [2.05, 4.69) is 14.8 Å². The van der Waals surface area contributed by atoms with E-state index in [1.54, 1.807) is 31.2 Å². The summed E-state index contributed by atoms with van der Waals surface area (Å²) in [6, 6.07) is 8.95. The molecule has 3 rings (SSSR count). The summed E-state index contributed by atoms with van der Waals surface area (Å²) in [5.74, 6) is 0.0933. The molecule has 0 saturated heterocycles. The first-order valence-electron chi connectivity index (χ1n) is 6.53. The van der Waals surface area contributed by atoms with Gasteiger partial charge < -0.3 is 14.5 Å². The summed E-state index contributed by atoms with van der Waals surface area (Å²) in [5, 5.41) is 4.10. The van der Waals surface area contributed by atoms with Crippen molar-refractivity contribution in [3.05, 3.63) is 58.1 Å². The second-order valence-electron chi connectivity index (χ2n) is 4.59. The fourth-order valence-electron chi connectivity index (χ4n) is 2.13. The van der Waals surface area contributed by atoms with Gasteiger partial charge in [0.2, 0.25) is 5.75 Å². The van der Waals surface area contributed by atoms with Gasteiger partial charge in [0.15, 0.2) is 5.65 Å². The molecule has 3 aromatic rings. The molecule has 0 aliphatic rings. The molecule has 0 radical (unpaired) electrons. The number of esters is 1. The molecule has 7 heteroatoms. The summed E-state index contributed by atoms with van der Waals surface area (Å²) in [6.45, 7) is 1.69. The lowest BCUT2D eigenvalue weighted by molar-refractivity contribution is 0.0602. The van der Waals surface area contributed by atoms with Crippen LogP contribution in [0.5, 0.6) is 11.5 Å². The molecular formula is C15H13N3O4. The van der Waals surface area contributed by atoms with Crippen LogP contribution in [-0.2, 0) is 4.74 Å². The summed E-state index contributed by atoms with van der Waals surface area (Å²) >= 11 is 0. The molecule has 7 nitrogen and oxygen atoms in total. The van der Waals surface area contributed by atoms with E-state index < -0.39 is 11.5 Å². The minimum absolute atomic E-state index is 0.123. The molecule has 2 aromatic heterocycles. The fraction of sp³-hybridized carbons (Fsp3) is 0.133. The topological polar surface area (TPSA) is 85.7 Å². The van der Waals surface area contributed by atoms with Crippen molar-refractivity contribution in [1.29, 1.82) is 0 Å². The third-order valence-electron chi connectivity index (χ3n) is 3.22. The molecular weight excluding hydrogens is 286 g/mol. The Balaban J connectivity index is 2.14. The van der Waals surface area contributed by atoms with Crippen LogP contribution in [0.25, 0.3) is 5.65 Å². The second-order valence-corrected chi connectivity index (χ2v) is 4.59. The molecule has 0 fully saturated rings. The Labute approximate surface area is 125 Å². The molecule has 0 bridgehead atoms. The van der Waals surface area contributed by atoms with Crippen LogP contribution in [0.4, 0.5) is 0 Å². The molecule has 0 unspecified atom stereocenters. The maximum atomic E-state index is 12.2. The van der Waals surface area contributed by atoms with Crippen LogP contribution in [0.3, 0.4) is 0 Å². The average Bonchev–Trinajstić information content (AvgIpc) is 2.95. The predicted molar refractivity (Wildman–Crippen MR) is 78.4 cm³/mol. The summed E-state index contributed by atoms with van der Waals surface area (Å²) < 4.78 is 11.7. The Bertz CT molecular complexity index is 896. The quantitative estimate of drug-likeness (QED) is 0.747. The Morgan fingerprint density at radius 2 is 2.00 bits per heavy atom. The molecule has 1 N–H and O–H groups in total. The van der Waals surface area contributed by atoms with E-state index in [9.17, 15) is 9.59 Å². The molecule has 0 amide bonds. The summed E-state index contributed by atoms with van der Waals surface area (Å²) in [5.41, 5.74) is 0.501. The van der Waals surface area contributed by atoms with Gasteiger partial charge in [0.25, 0.3) is 5.56 Å². The summed E-state index contributed by atoms with van der Waals surface area (Å²) in [7, 11) is 1.27. The van der Waals surface area contributed by atoms with Crippen LogP contribution in [0, 0.1) is 6.92 Å². The average molecular weight is 299 g/mol. The van der Waals surface area contributed by atoms with Gasteiger partial charge in [0, 0.05) is 0 Å². The van der Waals surface area contributed by atoms with E-state index in [4.69, 9.17) is 4.74 Å².